The molecule has 3 nitrogen and oxygen atoms in total. The summed E-state index contributed by atoms with van der Waals surface area (Å²) >= 11 is 5.89. The van der Waals surface area contributed by atoms with E-state index in [1.165, 1.54) is 29.5 Å². The molecule has 3 rings (SSSR count). The van der Waals surface area contributed by atoms with Gasteiger partial charge in [-0.2, -0.15) is 0 Å². The van der Waals surface area contributed by atoms with Crippen molar-refractivity contribution in [3.8, 4) is 5.75 Å². The van der Waals surface area contributed by atoms with E-state index < -0.39 is 6.10 Å². The molecule has 0 aliphatic heterocycles. The number of halogens is 1. The van der Waals surface area contributed by atoms with Crippen LogP contribution in [0.2, 0.25) is 5.02 Å². The lowest BCUT2D eigenvalue weighted by Crippen LogP contribution is -2.37. The fraction of sp³-hybridized carbons (Fsp3) is 0.409. The molecule has 1 unspecified atom stereocenters. The van der Waals surface area contributed by atoms with Gasteiger partial charge in [-0.15, -0.1) is 0 Å². The zero-order valence-electron chi connectivity index (χ0n) is 15.3. The van der Waals surface area contributed by atoms with Crippen molar-refractivity contribution in [3.05, 3.63) is 64.2 Å². The molecule has 26 heavy (non-hydrogen) atoms. The second kappa shape index (κ2) is 9.09. The third kappa shape index (κ3) is 5.01. The highest BCUT2D eigenvalue weighted by Gasteiger charge is 2.19. The van der Waals surface area contributed by atoms with Crippen molar-refractivity contribution in [1.29, 1.82) is 0 Å². The van der Waals surface area contributed by atoms with Crippen molar-refractivity contribution in [1.82, 2.24) is 5.32 Å². The summed E-state index contributed by atoms with van der Waals surface area (Å²) in [5, 5.41) is 3.72. The number of fused-ring (bicyclic) bond motifs is 1. The second-order valence-corrected chi connectivity index (χ2v) is 7.32. The minimum atomic E-state index is -0.487. The summed E-state index contributed by atoms with van der Waals surface area (Å²) in [6.07, 6.45) is 5.90. The molecule has 0 bridgehead atoms. The molecule has 0 heterocycles. The smallest absolute Gasteiger partial charge is 0.260 e. The number of hydrogen-bond donors (Lipinski definition) is 1. The molecule has 4 heteroatoms. The number of benzene rings is 2. The summed E-state index contributed by atoms with van der Waals surface area (Å²) in [5.41, 5.74) is 3.87. The minimum Gasteiger partial charge on any atom is -0.481 e. The van der Waals surface area contributed by atoms with E-state index in [1.807, 2.05) is 43.3 Å². The van der Waals surface area contributed by atoms with Crippen LogP contribution >= 0.6 is 11.6 Å². The Morgan fingerprint density at radius 2 is 1.92 bits per heavy atom. The van der Waals surface area contributed by atoms with Crippen LogP contribution in [0.25, 0.3) is 0 Å². The van der Waals surface area contributed by atoms with Crippen molar-refractivity contribution in [2.75, 3.05) is 6.54 Å². The van der Waals surface area contributed by atoms with E-state index in [0.717, 1.165) is 36.5 Å². The minimum absolute atomic E-state index is 0.0606. The lowest BCUT2D eigenvalue weighted by Gasteiger charge is -2.22. The van der Waals surface area contributed by atoms with Crippen LogP contribution in [0.1, 0.15) is 42.9 Å². The van der Waals surface area contributed by atoms with Gasteiger partial charge < -0.3 is 10.1 Å². The molecule has 2 aromatic carbocycles. The number of hydrogen-bond acceptors (Lipinski definition) is 2. The van der Waals surface area contributed by atoms with Crippen molar-refractivity contribution >= 4 is 17.5 Å². The van der Waals surface area contributed by atoms with Crippen LogP contribution in [-0.4, -0.2) is 18.6 Å². The van der Waals surface area contributed by atoms with Crippen LogP contribution in [0.15, 0.2) is 42.5 Å². The highest BCUT2D eigenvalue weighted by Crippen LogP contribution is 2.30. The molecule has 0 saturated heterocycles. The molecule has 0 spiro atoms. The molecular weight excluding hydrogens is 346 g/mol. The quantitative estimate of drug-likeness (QED) is 0.714. The van der Waals surface area contributed by atoms with Gasteiger partial charge in [0.2, 0.25) is 0 Å². The monoisotopic (exact) mass is 371 g/mol. The van der Waals surface area contributed by atoms with Crippen LogP contribution in [-0.2, 0) is 24.1 Å². The van der Waals surface area contributed by atoms with E-state index in [2.05, 4.69) is 11.4 Å². The SMILES string of the molecule is CC(Oc1cccc2c1CCCC2)C(=O)NCCCc1ccc(Cl)cc1. The molecule has 138 valence electrons. The summed E-state index contributed by atoms with van der Waals surface area (Å²) in [4.78, 5) is 12.3. The Labute approximate surface area is 160 Å². The summed E-state index contributed by atoms with van der Waals surface area (Å²) < 4.78 is 5.98. The molecule has 0 aromatic heterocycles. The van der Waals surface area contributed by atoms with Gasteiger partial charge in [0.05, 0.1) is 0 Å². The molecular formula is C22H26ClNO2. The van der Waals surface area contributed by atoms with Crippen molar-refractivity contribution in [2.45, 2.75) is 51.6 Å². The van der Waals surface area contributed by atoms with Crippen LogP contribution in [0, 0.1) is 0 Å². The topological polar surface area (TPSA) is 38.3 Å². The van der Waals surface area contributed by atoms with Crippen LogP contribution in [0.4, 0.5) is 0 Å². The number of amides is 1. The van der Waals surface area contributed by atoms with Crippen molar-refractivity contribution < 1.29 is 9.53 Å². The number of carbonyl (C=O) groups excluding carboxylic acids is 1. The number of nitrogens with one attached hydrogen (secondary N) is 1. The molecule has 0 saturated carbocycles. The van der Waals surface area contributed by atoms with Gasteiger partial charge in [0.25, 0.3) is 5.91 Å². The first-order valence-corrected chi connectivity index (χ1v) is 9.81. The van der Waals surface area contributed by atoms with Gasteiger partial charge in [0.1, 0.15) is 5.75 Å². The standard InChI is InChI=1S/C22H26ClNO2/c1-16(26-21-10-4-8-18-7-2-3-9-20(18)21)22(25)24-15-5-6-17-11-13-19(23)14-12-17/h4,8,10-14,16H,2-3,5-7,9,15H2,1H3,(H,24,25). The van der Waals surface area contributed by atoms with Gasteiger partial charge in [-0.3, -0.25) is 4.79 Å². The third-order valence-corrected chi connectivity index (χ3v) is 5.13. The average molecular weight is 372 g/mol. The summed E-state index contributed by atoms with van der Waals surface area (Å²) in [6, 6.07) is 14.0. The van der Waals surface area contributed by atoms with E-state index in [9.17, 15) is 4.79 Å². The third-order valence-electron chi connectivity index (χ3n) is 4.88. The van der Waals surface area contributed by atoms with E-state index in [-0.39, 0.29) is 5.91 Å². The molecule has 1 aliphatic carbocycles. The molecule has 1 N–H and O–H groups in total. The van der Waals surface area contributed by atoms with Gasteiger partial charge in [0.15, 0.2) is 6.10 Å². The maximum Gasteiger partial charge on any atom is 0.260 e. The zero-order chi connectivity index (χ0) is 18.4. The Morgan fingerprint density at radius 3 is 2.73 bits per heavy atom. The first-order valence-electron chi connectivity index (χ1n) is 9.43. The lowest BCUT2D eigenvalue weighted by atomic mass is 9.91. The highest BCUT2D eigenvalue weighted by atomic mass is 35.5. The van der Waals surface area contributed by atoms with Gasteiger partial charge in [-0.1, -0.05) is 35.9 Å². The normalized spacial score (nSPS) is 14.4. The maximum atomic E-state index is 12.3. The van der Waals surface area contributed by atoms with E-state index in [1.54, 1.807) is 0 Å². The Hall–Kier alpha value is -2.00. The molecule has 0 radical (unpaired) electrons. The Balaban J connectivity index is 1.45. The fourth-order valence-electron chi connectivity index (χ4n) is 3.40. The summed E-state index contributed by atoms with van der Waals surface area (Å²) in [5.74, 6) is 0.806. The molecule has 1 aliphatic rings. The Bertz CT molecular complexity index is 742. The first-order chi connectivity index (χ1) is 12.6. The lowest BCUT2D eigenvalue weighted by molar-refractivity contribution is -0.127. The fourth-order valence-corrected chi connectivity index (χ4v) is 3.53. The van der Waals surface area contributed by atoms with Gasteiger partial charge in [0, 0.05) is 11.6 Å². The zero-order valence-corrected chi connectivity index (χ0v) is 16.0. The number of aryl methyl sites for hydroxylation is 2. The molecule has 1 atom stereocenters. The highest BCUT2D eigenvalue weighted by molar-refractivity contribution is 6.30. The summed E-state index contributed by atoms with van der Waals surface area (Å²) in [7, 11) is 0. The maximum absolute atomic E-state index is 12.3. The number of carbonyl (C=O) groups is 1. The van der Waals surface area contributed by atoms with Gasteiger partial charge in [-0.25, -0.2) is 0 Å². The van der Waals surface area contributed by atoms with Crippen molar-refractivity contribution in [2.24, 2.45) is 0 Å². The average Bonchev–Trinajstić information content (AvgIpc) is 2.66. The predicted octanol–water partition coefficient (Wildman–Crippen LogP) is 4.74. The van der Waals surface area contributed by atoms with Crippen LogP contribution in [0.5, 0.6) is 5.75 Å². The van der Waals surface area contributed by atoms with Crippen LogP contribution in [0.3, 0.4) is 0 Å². The predicted molar refractivity (Wildman–Crippen MR) is 106 cm³/mol. The molecule has 1 amide bonds. The largest absolute Gasteiger partial charge is 0.481 e. The molecule has 0 fully saturated rings. The van der Waals surface area contributed by atoms with Crippen molar-refractivity contribution in [3.63, 3.8) is 0 Å². The second-order valence-electron chi connectivity index (χ2n) is 6.88. The van der Waals surface area contributed by atoms with Gasteiger partial charge in [-0.05, 0) is 80.3 Å². The van der Waals surface area contributed by atoms with E-state index >= 15 is 0 Å². The van der Waals surface area contributed by atoms with Crippen LogP contribution < -0.4 is 10.1 Å². The van der Waals surface area contributed by atoms with Gasteiger partial charge >= 0.3 is 0 Å². The Kier molecular flexibility index (Phi) is 6.56. The number of ether oxygens (including phenoxy) is 1. The summed E-state index contributed by atoms with van der Waals surface area (Å²) in [6.45, 7) is 2.46. The first kappa shape index (κ1) is 18.8. The van der Waals surface area contributed by atoms with E-state index in [0.29, 0.717) is 6.54 Å². The van der Waals surface area contributed by atoms with E-state index in [4.69, 9.17) is 16.3 Å². The number of rotatable bonds is 7. The Morgan fingerprint density at radius 1 is 1.15 bits per heavy atom. The molecule has 2 aromatic rings.